The van der Waals surface area contributed by atoms with Crippen LogP contribution in [0.5, 0.6) is 0 Å². The van der Waals surface area contributed by atoms with Crippen LogP contribution in [-0.2, 0) is 16.0 Å². The Balaban J connectivity index is 2.72. The van der Waals surface area contributed by atoms with Crippen molar-refractivity contribution >= 4 is 18.2 Å². The number of amides is 1. The number of aliphatic imine (C=N–C) groups is 1. The molecule has 0 bridgehead atoms. The van der Waals surface area contributed by atoms with E-state index in [1.54, 1.807) is 24.1 Å². The summed E-state index contributed by atoms with van der Waals surface area (Å²) in [5.74, 6) is 0. The van der Waals surface area contributed by atoms with E-state index in [1.807, 2.05) is 24.3 Å². The lowest BCUT2D eigenvalue weighted by Crippen LogP contribution is -2.15. The lowest BCUT2D eigenvalue weighted by Gasteiger charge is -2.07. The Labute approximate surface area is 125 Å². The van der Waals surface area contributed by atoms with Gasteiger partial charge in [-0.05, 0) is 36.1 Å². The van der Waals surface area contributed by atoms with E-state index in [0.717, 1.165) is 24.8 Å². The van der Waals surface area contributed by atoms with E-state index in [2.05, 4.69) is 18.0 Å². The van der Waals surface area contributed by atoms with Gasteiger partial charge in [0.1, 0.15) is 0 Å². The van der Waals surface area contributed by atoms with E-state index in [9.17, 15) is 9.59 Å². The molecule has 4 nitrogen and oxygen atoms in total. The highest BCUT2D eigenvalue weighted by Crippen LogP contribution is 2.16. The first-order valence-corrected chi connectivity index (χ1v) is 6.87. The maximum Gasteiger partial charge on any atom is 0.240 e. The molecule has 0 spiro atoms. The highest BCUT2D eigenvalue weighted by Gasteiger charge is 1.98. The highest BCUT2D eigenvalue weighted by atomic mass is 16.1. The molecule has 0 radical (unpaired) electrons. The number of benzene rings is 1. The molecular formula is C17H20N2O2. The summed E-state index contributed by atoms with van der Waals surface area (Å²) < 4.78 is 0. The number of nitrogens with zero attached hydrogens (tertiary/aromatic N) is 2. The summed E-state index contributed by atoms with van der Waals surface area (Å²) in [4.78, 5) is 25.8. The van der Waals surface area contributed by atoms with Gasteiger partial charge >= 0.3 is 0 Å². The van der Waals surface area contributed by atoms with E-state index in [-0.39, 0.29) is 0 Å². The summed E-state index contributed by atoms with van der Waals surface area (Å²) in [5.41, 5.74) is 2.95. The van der Waals surface area contributed by atoms with Gasteiger partial charge in [0.2, 0.25) is 12.5 Å². The number of likely N-dealkylation sites (N-methyl/N-ethyl adjacent to an activating group) is 1. The van der Waals surface area contributed by atoms with Gasteiger partial charge in [0.25, 0.3) is 0 Å². The number of carbonyl (C=O) groups excluding carboxylic acids is 2. The molecule has 1 rings (SSSR count). The maximum absolute atomic E-state index is 10.5. The van der Waals surface area contributed by atoms with Crippen molar-refractivity contribution in [1.29, 1.82) is 0 Å². The number of hydrogen-bond donors (Lipinski definition) is 0. The van der Waals surface area contributed by atoms with Crippen molar-refractivity contribution in [3.05, 3.63) is 53.6 Å². The van der Waals surface area contributed by atoms with Crippen molar-refractivity contribution in [3.8, 4) is 0 Å². The summed E-state index contributed by atoms with van der Waals surface area (Å²) in [6.45, 7) is 2.69. The SMILES string of the molecule is CC/C=C(\C=C/CN(C)C=O)Cc1ccc(N=C=O)cc1. The van der Waals surface area contributed by atoms with Gasteiger partial charge in [0, 0.05) is 13.6 Å². The zero-order valence-electron chi connectivity index (χ0n) is 12.5. The Morgan fingerprint density at radius 1 is 1.33 bits per heavy atom. The molecule has 0 aliphatic rings. The first kappa shape index (κ1) is 16.6. The quantitative estimate of drug-likeness (QED) is 0.318. The second-order valence-corrected chi connectivity index (χ2v) is 4.68. The molecule has 0 atom stereocenters. The summed E-state index contributed by atoms with van der Waals surface area (Å²) in [5, 5.41) is 0. The smallest absolute Gasteiger partial charge is 0.240 e. The normalized spacial score (nSPS) is 11.2. The van der Waals surface area contributed by atoms with E-state index in [0.29, 0.717) is 12.2 Å². The Morgan fingerprint density at radius 2 is 2.05 bits per heavy atom. The van der Waals surface area contributed by atoms with Crippen LogP contribution in [0.4, 0.5) is 5.69 Å². The summed E-state index contributed by atoms with van der Waals surface area (Å²) in [6.07, 6.45) is 10.3. The van der Waals surface area contributed by atoms with Crippen LogP contribution in [0.3, 0.4) is 0 Å². The van der Waals surface area contributed by atoms with E-state index in [4.69, 9.17) is 0 Å². The van der Waals surface area contributed by atoms with Crippen molar-refractivity contribution in [1.82, 2.24) is 4.90 Å². The minimum atomic E-state index is 0.595. The van der Waals surface area contributed by atoms with Crippen LogP contribution in [0.15, 0.2) is 53.1 Å². The Kier molecular flexibility index (Phi) is 7.47. The summed E-state index contributed by atoms with van der Waals surface area (Å²) >= 11 is 0. The zero-order valence-corrected chi connectivity index (χ0v) is 12.5. The topological polar surface area (TPSA) is 49.7 Å². The number of rotatable bonds is 8. The second kappa shape index (κ2) is 9.45. The van der Waals surface area contributed by atoms with Gasteiger partial charge in [0.05, 0.1) is 5.69 Å². The van der Waals surface area contributed by atoms with Gasteiger partial charge in [0.15, 0.2) is 0 Å². The number of carbonyl (C=O) groups is 1. The molecular weight excluding hydrogens is 264 g/mol. The molecule has 0 heterocycles. The van der Waals surface area contributed by atoms with Gasteiger partial charge in [-0.25, -0.2) is 4.79 Å². The number of allylic oxidation sites excluding steroid dienone is 3. The predicted molar refractivity (Wildman–Crippen MR) is 84.1 cm³/mol. The van der Waals surface area contributed by atoms with Crippen LogP contribution in [0.1, 0.15) is 18.9 Å². The minimum Gasteiger partial charge on any atom is -0.345 e. The minimum absolute atomic E-state index is 0.595. The molecule has 0 aromatic heterocycles. The fraction of sp³-hybridized carbons (Fsp3) is 0.294. The molecule has 0 saturated carbocycles. The second-order valence-electron chi connectivity index (χ2n) is 4.68. The van der Waals surface area contributed by atoms with Crippen LogP contribution < -0.4 is 0 Å². The van der Waals surface area contributed by atoms with Crippen molar-refractivity contribution in [2.24, 2.45) is 4.99 Å². The predicted octanol–water partition coefficient (Wildman–Crippen LogP) is 3.18. The Morgan fingerprint density at radius 3 is 2.62 bits per heavy atom. The largest absolute Gasteiger partial charge is 0.345 e. The Hall–Kier alpha value is -2.45. The van der Waals surface area contributed by atoms with Gasteiger partial charge < -0.3 is 4.90 Å². The van der Waals surface area contributed by atoms with Crippen LogP contribution in [0.2, 0.25) is 0 Å². The third kappa shape index (κ3) is 6.50. The van der Waals surface area contributed by atoms with Crippen molar-refractivity contribution in [2.75, 3.05) is 13.6 Å². The van der Waals surface area contributed by atoms with Crippen molar-refractivity contribution in [2.45, 2.75) is 19.8 Å². The highest BCUT2D eigenvalue weighted by molar-refractivity contribution is 5.49. The molecule has 0 saturated heterocycles. The summed E-state index contributed by atoms with van der Waals surface area (Å²) in [6, 6.07) is 7.50. The molecule has 110 valence electrons. The molecule has 0 fully saturated rings. The van der Waals surface area contributed by atoms with Crippen LogP contribution >= 0.6 is 0 Å². The van der Waals surface area contributed by atoms with Gasteiger partial charge in [-0.3, -0.25) is 4.79 Å². The average molecular weight is 284 g/mol. The van der Waals surface area contributed by atoms with Crippen molar-refractivity contribution in [3.63, 3.8) is 0 Å². The molecule has 4 heteroatoms. The fourth-order valence-electron chi connectivity index (χ4n) is 1.85. The third-order valence-electron chi connectivity index (χ3n) is 2.89. The maximum atomic E-state index is 10.5. The van der Waals surface area contributed by atoms with E-state index < -0.39 is 0 Å². The van der Waals surface area contributed by atoms with Gasteiger partial charge in [-0.1, -0.05) is 37.3 Å². The molecule has 0 unspecified atom stereocenters. The van der Waals surface area contributed by atoms with Crippen LogP contribution in [0, 0.1) is 0 Å². The summed E-state index contributed by atoms with van der Waals surface area (Å²) in [7, 11) is 1.74. The first-order chi connectivity index (χ1) is 10.2. The number of hydrogen-bond acceptors (Lipinski definition) is 3. The van der Waals surface area contributed by atoms with E-state index >= 15 is 0 Å². The lowest BCUT2D eigenvalue weighted by atomic mass is 10.0. The molecule has 21 heavy (non-hydrogen) atoms. The first-order valence-electron chi connectivity index (χ1n) is 6.87. The Bertz CT molecular complexity index is 553. The monoisotopic (exact) mass is 284 g/mol. The van der Waals surface area contributed by atoms with E-state index in [1.165, 1.54) is 11.7 Å². The van der Waals surface area contributed by atoms with Crippen molar-refractivity contribution < 1.29 is 9.59 Å². The third-order valence-corrected chi connectivity index (χ3v) is 2.89. The molecule has 1 aromatic carbocycles. The zero-order chi connectivity index (χ0) is 15.5. The average Bonchev–Trinajstić information content (AvgIpc) is 2.49. The van der Waals surface area contributed by atoms with Crippen LogP contribution in [-0.4, -0.2) is 31.0 Å². The molecule has 0 aliphatic carbocycles. The molecule has 1 amide bonds. The van der Waals surface area contributed by atoms with Gasteiger partial charge in [-0.15, -0.1) is 0 Å². The molecule has 0 N–H and O–H groups in total. The fourth-order valence-corrected chi connectivity index (χ4v) is 1.85. The lowest BCUT2D eigenvalue weighted by molar-refractivity contribution is -0.116. The molecule has 0 aliphatic heterocycles. The molecule has 1 aromatic rings. The standard InChI is InChI=1S/C17H20N2O2/c1-3-5-15(6-4-11-19(2)14-21)12-16-7-9-17(10-8-16)18-13-20/h4-10,14H,3,11-12H2,1-2H3/b6-4-,15-5+. The van der Waals surface area contributed by atoms with Gasteiger partial charge in [-0.2, -0.15) is 4.99 Å². The van der Waals surface area contributed by atoms with Crippen LogP contribution in [0.25, 0.3) is 0 Å². The number of isocyanates is 1.